The van der Waals surface area contributed by atoms with Gasteiger partial charge in [0.2, 0.25) is 0 Å². The number of hydrogen-bond donors (Lipinski definition) is 1. The highest BCUT2D eigenvalue weighted by Crippen LogP contribution is 2.22. The van der Waals surface area contributed by atoms with E-state index in [1.807, 2.05) is 23.4 Å². The van der Waals surface area contributed by atoms with Crippen molar-refractivity contribution in [2.75, 3.05) is 11.9 Å². The fourth-order valence-corrected chi connectivity index (χ4v) is 2.83. The number of rotatable bonds is 5. The van der Waals surface area contributed by atoms with E-state index in [2.05, 4.69) is 13.0 Å². The smallest absolute Gasteiger partial charge is 0.338 e. The van der Waals surface area contributed by atoms with Gasteiger partial charge in [-0.15, -0.1) is 11.3 Å². The number of thiophene rings is 1. The summed E-state index contributed by atoms with van der Waals surface area (Å²) in [4.78, 5) is 14.0. The molecule has 0 saturated carbocycles. The highest BCUT2D eigenvalue weighted by molar-refractivity contribution is 7.09. The third kappa shape index (κ3) is 3.17. The third-order valence-corrected chi connectivity index (χ3v) is 4.23. The molecule has 1 aromatic heterocycles. The summed E-state index contributed by atoms with van der Waals surface area (Å²) >= 11 is 1.69. The van der Waals surface area contributed by atoms with Crippen LogP contribution in [0.3, 0.4) is 0 Å². The van der Waals surface area contributed by atoms with Crippen molar-refractivity contribution in [2.24, 2.45) is 0 Å². The molecule has 2 aromatic rings. The molecule has 0 aliphatic carbocycles. The van der Waals surface area contributed by atoms with Crippen molar-refractivity contribution < 1.29 is 14.3 Å². The van der Waals surface area contributed by atoms with Gasteiger partial charge in [0.05, 0.1) is 5.56 Å². The molecule has 1 heterocycles. The molecule has 1 atom stereocenters. The molecule has 0 radical (unpaired) electrons. The maximum atomic E-state index is 13.7. The lowest BCUT2D eigenvalue weighted by atomic mass is 10.1. The molecule has 1 unspecified atom stereocenters. The largest absolute Gasteiger partial charge is 0.478 e. The van der Waals surface area contributed by atoms with Gasteiger partial charge in [-0.3, -0.25) is 0 Å². The van der Waals surface area contributed by atoms with Crippen molar-refractivity contribution in [3.8, 4) is 0 Å². The zero-order chi connectivity index (χ0) is 14.7. The van der Waals surface area contributed by atoms with Gasteiger partial charge < -0.3 is 10.0 Å². The van der Waals surface area contributed by atoms with Crippen molar-refractivity contribution in [3.63, 3.8) is 0 Å². The molecule has 1 N–H and O–H groups in total. The quantitative estimate of drug-likeness (QED) is 0.914. The van der Waals surface area contributed by atoms with Crippen LogP contribution >= 0.6 is 11.3 Å². The number of carboxylic acid groups (broad SMARTS) is 1. The van der Waals surface area contributed by atoms with Crippen molar-refractivity contribution in [3.05, 3.63) is 52.0 Å². The van der Waals surface area contributed by atoms with Crippen LogP contribution < -0.4 is 4.90 Å². The van der Waals surface area contributed by atoms with E-state index >= 15 is 0 Å². The Hall–Kier alpha value is -1.88. The Bertz CT molecular complexity index is 598. The number of carboxylic acids is 1. The first kappa shape index (κ1) is 14.5. The number of halogens is 1. The first-order valence-corrected chi connectivity index (χ1v) is 7.15. The molecule has 0 bridgehead atoms. The fraction of sp³-hybridized carbons (Fsp3) is 0.267. The number of likely N-dealkylation sites (N-methyl/N-ethyl adjacent to an activating group) is 1. The second-order valence-corrected chi connectivity index (χ2v) is 5.74. The molecule has 106 valence electrons. The summed E-state index contributed by atoms with van der Waals surface area (Å²) < 4.78 is 13.7. The SMILES string of the molecule is CC(Cc1cccs1)N(C)c1ccc(C(=O)O)c(F)c1. The van der Waals surface area contributed by atoms with Gasteiger partial charge in [0.25, 0.3) is 0 Å². The van der Waals surface area contributed by atoms with Gasteiger partial charge in [0.1, 0.15) is 5.82 Å². The molecule has 5 heteroatoms. The zero-order valence-electron chi connectivity index (χ0n) is 11.3. The maximum absolute atomic E-state index is 13.7. The van der Waals surface area contributed by atoms with Crippen LogP contribution in [-0.4, -0.2) is 24.2 Å². The summed E-state index contributed by atoms with van der Waals surface area (Å²) in [6.07, 6.45) is 0.871. The standard InChI is InChI=1S/C15H16FNO2S/c1-10(8-12-4-3-7-20-12)17(2)11-5-6-13(15(18)19)14(16)9-11/h3-7,9-10H,8H2,1-2H3,(H,18,19). The average Bonchev–Trinajstić information content (AvgIpc) is 2.90. The van der Waals surface area contributed by atoms with Crippen LogP contribution in [0.1, 0.15) is 22.2 Å². The summed E-state index contributed by atoms with van der Waals surface area (Å²) in [6.45, 7) is 2.06. The molecule has 0 aliphatic rings. The molecule has 1 aromatic carbocycles. The minimum absolute atomic E-state index is 0.198. The summed E-state index contributed by atoms with van der Waals surface area (Å²) in [5, 5.41) is 10.9. The van der Waals surface area contributed by atoms with Gasteiger partial charge in [-0.2, -0.15) is 0 Å². The van der Waals surface area contributed by atoms with Gasteiger partial charge in [0.15, 0.2) is 0 Å². The Morgan fingerprint density at radius 1 is 1.45 bits per heavy atom. The lowest BCUT2D eigenvalue weighted by Gasteiger charge is -2.27. The molecule has 0 aliphatic heterocycles. The molecule has 20 heavy (non-hydrogen) atoms. The number of carbonyl (C=O) groups is 1. The van der Waals surface area contributed by atoms with Crippen molar-refractivity contribution in [2.45, 2.75) is 19.4 Å². The fourth-order valence-electron chi connectivity index (χ4n) is 2.01. The lowest BCUT2D eigenvalue weighted by molar-refractivity contribution is 0.0692. The molecule has 0 amide bonds. The Labute approximate surface area is 121 Å². The van der Waals surface area contributed by atoms with E-state index in [4.69, 9.17) is 5.11 Å². The number of benzene rings is 1. The van der Waals surface area contributed by atoms with E-state index in [1.165, 1.54) is 17.0 Å². The Kier molecular flexibility index (Phi) is 4.39. The molecule has 0 fully saturated rings. The van der Waals surface area contributed by atoms with Crippen LogP contribution in [-0.2, 0) is 6.42 Å². The van der Waals surface area contributed by atoms with Gasteiger partial charge in [-0.1, -0.05) is 6.07 Å². The second kappa shape index (κ2) is 6.05. The maximum Gasteiger partial charge on any atom is 0.338 e. The summed E-state index contributed by atoms with van der Waals surface area (Å²) in [5.74, 6) is -1.95. The minimum Gasteiger partial charge on any atom is -0.478 e. The zero-order valence-corrected chi connectivity index (χ0v) is 12.2. The minimum atomic E-state index is -1.25. The highest BCUT2D eigenvalue weighted by Gasteiger charge is 2.15. The third-order valence-electron chi connectivity index (χ3n) is 3.33. The number of anilines is 1. The predicted octanol–water partition coefficient (Wildman–Crippen LogP) is 3.65. The van der Waals surface area contributed by atoms with Crippen LogP contribution in [0, 0.1) is 5.82 Å². The van der Waals surface area contributed by atoms with E-state index in [0.717, 1.165) is 6.42 Å². The Morgan fingerprint density at radius 3 is 2.75 bits per heavy atom. The van der Waals surface area contributed by atoms with Crippen LogP contribution in [0.2, 0.25) is 0 Å². The van der Waals surface area contributed by atoms with Crippen LogP contribution in [0.25, 0.3) is 0 Å². The number of hydrogen-bond acceptors (Lipinski definition) is 3. The molecule has 2 rings (SSSR count). The normalized spacial score (nSPS) is 12.2. The summed E-state index contributed by atoms with van der Waals surface area (Å²) in [6, 6.07) is 8.49. The molecule has 0 spiro atoms. The van der Waals surface area contributed by atoms with Crippen LogP contribution in [0.15, 0.2) is 35.7 Å². The average molecular weight is 293 g/mol. The summed E-state index contributed by atoms with van der Waals surface area (Å²) in [5.41, 5.74) is 0.379. The van der Waals surface area contributed by atoms with E-state index in [0.29, 0.717) is 5.69 Å². The molecule has 3 nitrogen and oxygen atoms in total. The molecular formula is C15H16FNO2S. The Morgan fingerprint density at radius 2 is 2.20 bits per heavy atom. The lowest BCUT2D eigenvalue weighted by Crippen LogP contribution is -2.30. The molecular weight excluding hydrogens is 277 g/mol. The summed E-state index contributed by atoms with van der Waals surface area (Å²) in [7, 11) is 1.88. The van der Waals surface area contributed by atoms with Crippen LogP contribution in [0.5, 0.6) is 0 Å². The van der Waals surface area contributed by atoms with Crippen LogP contribution in [0.4, 0.5) is 10.1 Å². The second-order valence-electron chi connectivity index (χ2n) is 4.71. The number of nitrogens with zero attached hydrogens (tertiary/aromatic N) is 1. The first-order chi connectivity index (χ1) is 9.49. The van der Waals surface area contributed by atoms with Gasteiger partial charge in [0, 0.05) is 30.1 Å². The van der Waals surface area contributed by atoms with E-state index in [1.54, 1.807) is 17.4 Å². The van der Waals surface area contributed by atoms with E-state index < -0.39 is 11.8 Å². The van der Waals surface area contributed by atoms with Crippen molar-refractivity contribution in [1.29, 1.82) is 0 Å². The van der Waals surface area contributed by atoms with Gasteiger partial charge in [-0.25, -0.2) is 9.18 Å². The topological polar surface area (TPSA) is 40.5 Å². The van der Waals surface area contributed by atoms with Crippen molar-refractivity contribution in [1.82, 2.24) is 0 Å². The predicted molar refractivity (Wildman–Crippen MR) is 79.2 cm³/mol. The van der Waals surface area contributed by atoms with Crippen molar-refractivity contribution >= 4 is 23.0 Å². The van der Waals surface area contributed by atoms with E-state index in [-0.39, 0.29) is 11.6 Å². The first-order valence-electron chi connectivity index (χ1n) is 6.27. The Balaban J connectivity index is 2.14. The van der Waals surface area contributed by atoms with E-state index in [9.17, 15) is 9.18 Å². The monoisotopic (exact) mass is 293 g/mol. The highest BCUT2D eigenvalue weighted by atomic mass is 32.1. The molecule has 0 saturated heterocycles. The van der Waals surface area contributed by atoms with Gasteiger partial charge >= 0.3 is 5.97 Å². The number of aromatic carboxylic acids is 1. The van der Waals surface area contributed by atoms with Gasteiger partial charge in [-0.05, 0) is 36.6 Å².